The van der Waals surface area contributed by atoms with Crippen molar-refractivity contribution in [1.82, 2.24) is 0 Å². The molecule has 0 unspecified atom stereocenters. The third-order valence-electron chi connectivity index (χ3n) is 3.70. The molecule has 0 aromatic carbocycles. The largest absolute Gasteiger partial charge is 0.295 e. The summed E-state index contributed by atoms with van der Waals surface area (Å²) in [4.78, 5) is 23.2. The lowest BCUT2D eigenvalue weighted by Crippen LogP contribution is -1.95. The highest BCUT2D eigenvalue weighted by Crippen LogP contribution is 2.10. The molecule has 0 aromatic rings. The van der Waals surface area contributed by atoms with E-state index in [0.717, 1.165) is 51.4 Å². The van der Waals surface area contributed by atoms with Crippen LogP contribution in [0.2, 0.25) is 0 Å². The van der Waals surface area contributed by atoms with E-state index >= 15 is 0 Å². The quantitative estimate of drug-likeness (QED) is 0.628. The minimum atomic E-state index is 0.255. The van der Waals surface area contributed by atoms with Gasteiger partial charge in [0.15, 0.2) is 11.6 Å². The van der Waals surface area contributed by atoms with E-state index < -0.39 is 0 Å². The number of ketones is 2. The average Bonchev–Trinajstić information content (AvgIpc) is 2.43. The molecule has 0 spiro atoms. The van der Waals surface area contributed by atoms with Crippen LogP contribution < -0.4 is 0 Å². The molecule has 0 radical (unpaired) electrons. The van der Waals surface area contributed by atoms with Gasteiger partial charge in [0.1, 0.15) is 0 Å². The van der Waals surface area contributed by atoms with Gasteiger partial charge < -0.3 is 0 Å². The Morgan fingerprint density at radius 2 is 0.950 bits per heavy atom. The van der Waals surface area contributed by atoms with E-state index in [9.17, 15) is 9.59 Å². The molecule has 2 nitrogen and oxygen atoms in total. The van der Waals surface area contributed by atoms with Crippen molar-refractivity contribution in [1.29, 1.82) is 0 Å². The Morgan fingerprint density at radius 3 is 1.40 bits per heavy atom. The summed E-state index contributed by atoms with van der Waals surface area (Å²) in [6.07, 6.45) is 19.7. The lowest BCUT2D eigenvalue weighted by atomic mass is 10.1. The van der Waals surface area contributed by atoms with Crippen molar-refractivity contribution in [2.75, 3.05) is 0 Å². The number of hydrogen-bond donors (Lipinski definition) is 0. The summed E-state index contributed by atoms with van der Waals surface area (Å²) in [5.74, 6) is 0.509. The molecule has 1 rings (SSSR count). The van der Waals surface area contributed by atoms with Crippen LogP contribution in [0, 0.1) is 0 Å². The molecule has 1 aliphatic carbocycles. The second-order valence-electron chi connectivity index (χ2n) is 5.64. The first-order chi connectivity index (χ1) is 9.79. The highest BCUT2D eigenvalue weighted by atomic mass is 16.1. The van der Waals surface area contributed by atoms with Crippen LogP contribution in [0.4, 0.5) is 0 Å². The normalized spacial score (nSPS) is 24.6. The van der Waals surface area contributed by atoms with Gasteiger partial charge in [-0.25, -0.2) is 0 Å². The summed E-state index contributed by atoms with van der Waals surface area (Å²) < 4.78 is 0. The number of rotatable bonds is 0. The standard InChI is InChI=1S/C18H28O2/c19-17-13-9-5-3-1-2-4-6-10-14-18(20)16-12-8-7-11-15-17/h9-10,13-14H,1-8,11-12,15-16H2/b13-9-,14-10+. The van der Waals surface area contributed by atoms with Crippen molar-refractivity contribution >= 4 is 11.6 Å². The van der Waals surface area contributed by atoms with Gasteiger partial charge in [-0.15, -0.1) is 0 Å². The third kappa shape index (κ3) is 9.71. The van der Waals surface area contributed by atoms with E-state index in [2.05, 4.69) is 0 Å². The molecule has 0 amide bonds. The summed E-state index contributed by atoms with van der Waals surface area (Å²) in [7, 11) is 0. The molecule has 20 heavy (non-hydrogen) atoms. The maximum atomic E-state index is 11.6. The van der Waals surface area contributed by atoms with Crippen molar-refractivity contribution in [3.8, 4) is 0 Å². The SMILES string of the molecule is O=C1/C=C\CCCCCC/C=C/C(=O)CCCCCC1. The van der Waals surface area contributed by atoms with Gasteiger partial charge in [0.05, 0.1) is 0 Å². The van der Waals surface area contributed by atoms with Crippen molar-refractivity contribution in [2.24, 2.45) is 0 Å². The fraction of sp³-hybridized carbons (Fsp3) is 0.667. The molecule has 112 valence electrons. The van der Waals surface area contributed by atoms with Crippen LogP contribution in [0.5, 0.6) is 0 Å². The molecule has 0 N–H and O–H groups in total. The summed E-state index contributed by atoms with van der Waals surface area (Å²) in [5, 5.41) is 0. The second-order valence-corrected chi connectivity index (χ2v) is 5.64. The van der Waals surface area contributed by atoms with Crippen molar-refractivity contribution in [3.05, 3.63) is 24.3 Å². The zero-order valence-corrected chi connectivity index (χ0v) is 12.6. The molecular weight excluding hydrogens is 248 g/mol. The third-order valence-corrected chi connectivity index (χ3v) is 3.70. The van der Waals surface area contributed by atoms with Gasteiger partial charge >= 0.3 is 0 Å². The predicted molar refractivity (Wildman–Crippen MR) is 83.7 cm³/mol. The Bertz CT molecular complexity index is 305. The monoisotopic (exact) mass is 276 g/mol. The lowest BCUT2D eigenvalue weighted by molar-refractivity contribution is -0.115. The van der Waals surface area contributed by atoms with Crippen molar-refractivity contribution in [2.45, 2.75) is 77.0 Å². The van der Waals surface area contributed by atoms with Crippen LogP contribution in [0.25, 0.3) is 0 Å². The van der Waals surface area contributed by atoms with Crippen molar-refractivity contribution < 1.29 is 9.59 Å². The second kappa shape index (κ2) is 11.6. The molecular formula is C18H28O2. The molecule has 0 aromatic heterocycles. The van der Waals surface area contributed by atoms with Crippen LogP contribution in [0.1, 0.15) is 77.0 Å². The van der Waals surface area contributed by atoms with Crippen LogP contribution in [-0.2, 0) is 9.59 Å². The Balaban J connectivity index is 2.32. The summed E-state index contributed by atoms with van der Waals surface area (Å²) in [5.41, 5.74) is 0. The maximum absolute atomic E-state index is 11.6. The highest BCUT2D eigenvalue weighted by Gasteiger charge is 2.00. The highest BCUT2D eigenvalue weighted by molar-refractivity contribution is 5.89. The first-order valence-corrected chi connectivity index (χ1v) is 8.18. The zero-order valence-electron chi connectivity index (χ0n) is 12.6. The molecule has 0 bridgehead atoms. The van der Waals surface area contributed by atoms with Gasteiger partial charge in [-0.3, -0.25) is 9.59 Å². The van der Waals surface area contributed by atoms with Crippen LogP contribution >= 0.6 is 0 Å². The first kappa shape index (κ1) is 16.9. The molecule has 0 aliphatic heterocycles. The summed E-state index contributed by atoms with van der Waals surface area (Å²) in [6.45, 7) is 0. The van der Waals surface area contributed by atoms with Crippen LogP contribution in [-0.4, -0.2) is 11.6 Å². The Hall–Kier alpha value is -1.18. The van der Waals surface area contributed by atoms with Gasteiger partial charge in [0.2, 0.25) is 0 Å². The van der Waals surface area contributed by atoms with Gasteiger partial charge in [-0.2, -0.15) is 0 Å². The summed E-state index contributed by atoms with van der Waals surface area (Å²) in [6, 6.07) is 0. The van der Waals surface area contributed by atoms with Crippen LogP contribution in [0.3, 0.4) is 0 Å². The smallest absolute Gasteiger partial charge is 0.155 e. The Kier molecular flexibility index (Phi) is 9.81. The van der Waals surface area contributed by atoms with Gasteiger partial charge in [-0.1, -0.05) is 37.8 Å². The molecule has 0 fully saturated rings. The van der Waals surface area contributed by atoms with E-state index in [1.165, 1.54) is 12.8 Å². The molecule has 0 saturated carbocycles. The molecule has 0 saturated heterocycles. The zero-order chi connectivity index (χ0) is 14.5. The number of allylic oxidation sites excluding steroid dienone is 4. The van der Waals surface area contributed by atoms with Gasteiger partial charge in [0, 0.05) is 12.8 Å². The molecule has 0 atom stereocenters. The van der Waals surface area contributed by atoms with E-state index in [4.69, 9.17) is 0 Å². The van der Waals surface area contributed by atoms with Crippen molar-refractivity contribution in [3.63, 3.8) is 0 Å². The minimum absolute atomic E-state index is 0.255. The Morgan fingerprint density at radius 1 is 0.550 bits per heavy atom. The van der Waals surface area contributed by atoms with E-state index in [-0.39, 0.29) is 11.6 Å². The molecule has 1 aliphatic rings. The number of hydrogen-bond acceptors (Lipinski definition) is 2. The predicted octanol–water partition coefficient (Wildman–Crippen LogP) is 4.93. The van der Waals surface area contributed by atoms with E-state index in [0.29, 0.717) is 12.8 Å². The number of carbonyl (C=O) groups excluding carboxylic acids is 2. The Labute approximate surface area is 123 Å². The lowest BCUT2D eigenvalue weighted by Gasteiger charge is -2.00. The number of carbonyl (C=O) groups is 2. The molecule has 0 heterocycles. The van der Waals surface area contributed by atoms with E-state index in [1.807, 2.05) is 12.2 Å². The fourth-order valence-corrected chi connectivity index (χ4v) is 2.43. The van der Waals surface area contributed by atoms with Gasteiger partial charge in [-0.05, 0) is 50.7 Å². The van der Waals surface area contributed by atoms with E-state index in [1.54, 1.807) is 12.2 Å². The topological polar surface area (TPSA) is 34.1 Å². The average molecular weight is 276 g/mol. The summed E-state index contributed by atoms with van der Waals surface area (Å²) >= 11 is 0. The molecule has 2 heteroatoms. The first-order valence-electron chi connectivity index (χ1n) is 8.18. The fourth-order valence-electron chi connectivity index (χ4n) is 2.43. The van der Waals surface area contributed by atoms with Crippen LogP contribution in [0.15, 0.2) is 24.3 Å². The maximum Gasteiger partial charge on any atom is 0.155 e. The van der Waals surface area contributed by atoms with Gasteiger partial charge in [0.25, 0.3) is 0 Å². The minimum Gasteiger partial charge on any atom is -0.295 e.